The van der Waals surface area contributed by atoms with Crippen LogP contribution in [-0.4, -0.2) is 17.4 Å². The average molecular weight is 264 g/mol. The molecule has 1 rings (SSSR count). The van der Waals surface area contributed by atoms with Gasteiger partial charge in [0, 0.05) is 17.7 Å². The Bertz CT molecular complexity index is 418. The lowest BCUT2D eigenvalue weighted by molar-refractivity contribution is 0.0953. The maximum absolute atomic E-state index is 11.9. The number of nitrogens with one attached hydrogen (secondary N) is 1. The van der Waals surface area contributed by atoms with Crippen LogP contribution in [0.5, 0.6) is 0 Å². The number of benzene rings is 1. The van der Waals surface area contributed by atoms with E-state index >= 15 is 0 Å². The maximum atomic E-state index is 11.9. The van der Waals surface area contributed by atoms with Crippen LogP contribution in [0.4, 0.5) is 0 Å². The smallest absolute Gasteiger partial charge is 0.251 e. The number of hydrogen-bond donors (Lipinski definition) is 2. The minimum absolute atomic E-state index is 0.0652. The Morgan fingerprint density at radius 1 is 1.28 bits per heavy atom. The Balaban J connectivity index is 2.46. The standard InChI is InChI=1S/C14H20N2OS/c1-2-3-4-5-9-16-14(17)12-8-6-7-11(10-12)13(15)18/h6-8,10H,2-5,9H2,1H3,(H2,15,18)(H,16,17). The van der Waals surface area contributed by atoms with Crippen LogP contribution in [0, 0.1) is 0 Å². The van der Waals surface area contributed by atoms with Crippen molar-refractivity contribution in [3.05, 3.63) is 35.4 Å². The molecule has 98 valence electrons. The molecular weight excluding hydrogens is 244 g/mol. The molecule has 0 aromatic heterocycles. The van der Waals surface area contributed by atoms with Crippen molar-refractivity contribution in [2.75, 3.05) is 6.54 Å². The largest absolute Gasteiger partial charge is 0.389 e. The molecule has 0 heterocycles. The Morgan fingerprint density at radius 2 is 2.00 bits per heavy atom. The van der Waals surface area contributed by atoms with E-state index in [1.54, 1.807) is 24.3 Å². The molecule has 18 heavy (non-hydrogen) atoms. The second-order valence-corrected chi connectivity index (χ2v) is 4.70. The first-order valence-corrected chi connectivity index (χ1v) is 6.74. The van der Waals surface area contributed by atoms with Crippen LogP contribution in [0.1, 0.15) is 48.5 Å². The van der Waals surface area contributed by atoms with Crippen LogP contribution in [0.2, 0.25) is 0 Å². The van der Waals surface area contributed by atoms with Gasteiger partial charge in [0.2, 0.25) is 0 Å². The van der Waals surface area contributed by atoms with Crippen molar-refractivity contribution in [2.45, 2.75) is 32.6 Å². The van der Waals surface area contributed by atoms with E-state index in [-0.39, 0.29) is 5.91 Å². The Morgan fingerprint density at radius 3 is 2.67 bits per heavy atom. The van der Waals surface area contributed by atoms with E-state index in [2.05, 4.69) is 12.2 Å². The third-order valence-corrected chi connectivity index (χ3v) is 2.96. The van der Waals surface area contributed by atoms with Gasteiger partial charge in [-0.05, 0) is 18.6 Å². The molecular formula is C14H20N2OS. The number of hydrogen-bond acceptors (Lipinski definition) is 2. The molecule has 0 unspecified atom stereocenters. The summed E-state index contributed by atoms with van der Waals surface area (Å²) in [5, 5.41) is 2.90. The summed E-state index contributed by atoms with van der Waals surface area (Å²) in [5.41, 5.74) is 6.87. The molecule has 0 aliphatic carbocycles. The summed E-state index contributed by atoms with van der Waals surface area (Å²) in [5.74, 6) is -0.0652. The second kappa shape index (κ2) is 7.82. The van der Waals surface area contributed by atoms with Gasteiger partial charge in [-0.2, -0.15) is 0 Å². The average Bonchev–Trinajstić information content (AvgIpc) is 2.38. The van der Waals surface area contributed by atoms with E-state index < -0.39 is 0 Å². The van der Waals surface area contributed by atoms with Gasteiger partial charge in [0.15, 0.2) is 0 Å². The van der Waals surface area contributed by atoms with Crippen molar-refractivity contribution >= 4 is 23.1 Å². The molecule has 0 bridgehead atoms. The lowest BCUT2D eigenvalue weighted by Crippen LogP contribution is -2.24. The van der Waals surface area contributed by atoms with Crippen molar-refractivity contribution in [2.24, 2.45) is 5.73 Å². The molecule has 4 heteroatoms. The van der Waals surface area contributed by atoms with Gasteiger partial charge in [0.1, 0.15) is 4.99 Å². The first-order valence-electron chi connectivity index (χ1n) is 6.33. The fourth-order valence-electron chi connectivity index (χ4n) is 1.67. The summed E-state index contributed by atoms with van der Waals surface area (Å²) >= 11 is 4.89. The molecule has 0 saturated heterocycles. The topological polar surface area (TPSA) is 55.1 Å². The zero-order chi connectivity index (χ0) is 13.4. The van der Waals surface area contributed by atoms with Crippen LogP contribution < -0.4 is 11.1 Å². The SMILES string of the molecule is CCCCCCNC(=O)c1cccc(C(N)=S)c1. The predicted molar refractivity (Wildman–Crippen MR) is 78.8 cm³/mol. The van der Waals surface area contributed by atoms with E-state index in [1.165, 1.54) is 12.8 Å². The quantitative estimate of drug-likeness (QED) is 0.588. The molecule has 0 aliphatic rings. The third kappa shape index (κ3) is 4.84. The summed E-state index contributed by atoms with van der Waals surface area (Å²) < 4.78 is 0. The number of carbonyl (C=O) groups is 1. The van der Waals surface area contributed by atoms with Crippen molar-refractivity contribution in [1.82, 2.24) is 5.32 Å². The minimum atomic E-state index is -0.0652. The highest BCUT2D eigenvalue weighted by Crippen LogP contribution is 2.05. The fraction of sp³-hybridized carbons (Fsp3) is 0.429. The number of thiocarbonyl (C=S) groups is 1. The molecule has 0 fully saturated rings. The molecule has 0 saturated carbocycles. The lowest BCUT2D eigenvalue weighted by Gasteiger charge is -2.06. The summed E-state index contributed by atoms with van der Waals surface area (Å²) in [6.45, 7) is 2.88. The number of rotatable bonds is 7. The van der Waals surface area contributed by atoms with Gasteiger partial charge in [-0.3, -0.25) is 4.79 Å². The third-order valence-electron chi connectivity index (χ3n) is 2.73. The van der Waals surface area contributed by atoms with Crippen molar-refractivity contribution in [1.29, 1.82) is 0 Å². The number of unbranched alkanes of at least 4 members (excludes halogenated alkanes) is 3. The van der Waals surface area contributed by atoms with Crippen molar-refractivity contribution in [3.8, 4) is 0 Å². The molecule has 1 amide bonds. The minimum Gasteiger partial charge on any atom is -0.389 e. The molecule has 0 radical (unpaired) electrons. The van der Waals surface area contributed by atoms with Gasteiger partial charge < -0.3 is 11.1 Å². The van der Waals surface area contributed by atoms with Crippen LogP contribution in [0.25, 0.3) is 0 Å². The molecule has 1 aromatic carbocycles. The van der Waals surface area contributed by atoms with Gasteiger partial charge in [-0.25, -0.2) is 0 Å². The Labute approximate surface area is 114 Å². The first kappa shape index (κ1) is 14.6. The monoisotopic (exact) mass is 264 g/mol. The van der Waals surface area contributed by atoms with Crippen molar-refractivity contribution < 1.29 is 4.79 Å². The molecule has 3 nitrogen and oxygen atoms in total. The first-order chi connectivity index (χ1) is 8.65. The highest BCUT2D eigenvalue weighted by atomic mass is 32.1. The summed E-state index contributed by atoms with van der Waals surface area (Å²) in [4.78, 5) is 12.2. The van der Waals surface area contributed by atoms with Crippen LogP contribution >= 0.6 is 12.2 Å². The number of amides is 1. The normalized spacial score (nSPS) is 10.1. The van der Waals surface area contributed by atoms with Crippen LogP contribution in [-0.2, 0) is 0 Å². The van der Waals surface area contributed by atoms with E-state index in [0.29, 0.717) is 10.6 Å². The van der Waals surface area contributed by atoms with E-state index in [9.17, 15) is 4.79 Å². The van der Waals surface area contributed by atoms with E-state index in [4.69, 9.17) is 18.0 Å². The zero-order valence-electron chi connectivity index (χ0n) is 10.7. The molecule has 0 aliphatic heterocycles. The Kier molecular flexibility index (Phi) is 6.36. The van der Waals surface area contributed by atoms with Gasteiger partial charge >= 0.3 is 0 Å². The van der Waals surface area contributed by atoms with Gasteiger partial charge in [0.05, 0.1) is 0 Å². The lowest BCUT2D eigenvalue weighted by atomic mass is 10.1. The molecule has 0 atom stereocenters. The summed E-state index contributed by atoms with van der Waals surface area (Å²) in [7, 11) is 0. The van der Waals surface area contributed by atoms with Crippen LogP contribution in [0.15, 0.2) is 24.3 Å². The fourth-order valence-corrected chi connectivity index (χ4v) is 1.80. The highest BCUT2D eigenvalue weighted by Gasteiger charge is 2.06. The van der Waals surface area contributed by atoms with E-state index in [1.807, 2.05) is 0 Å². The zero-order valence-corrected chi connectivity index (χ0v) is 11.6. The van der Waals surface area contributed by atoms with Gasteiger partial charge in [0.25, 0.3) is 5.91 Å². The number of nitrogens with two attached hydrogens (primary N) is 1. The predicted octanol–water partition coefficient (Wildman–Crippen LogP) is 2.63. The van der Waals surface area contributed by atoms with Gasteiger partial charge in [-0.15, -0.1) is 0 Å². The Hall–Kier alpha value is -1.42. The van der Waals surface area contributed by atoms with E-state index in [0.717, 1.165) is 24.9 Å². The molecule has 1 aromatic rings. The summed E-state index contributed by atoms with van der Waals surface area (Å²) in [6.07, 6.45) is 4.59. The van der Waals surface area contributed by atoms with Crippen LogP contribution in [0.3, 0.4) is 0 Å². The second-order valence-electron chi connectivity index (χ2n) is 4.26. The highest BCUT2D eigenvalue weighted by molar-refractivity contribution is 7.80. The van der Waals surface area contributed by atoms with Gasteiger partial charge in [-0.1, -0.05) is 50.5 Å². The summed E-state index contributed by atoms with van der Waals surface area (Å²) in [6, 6.07) is 7.09. The molecule has 3 N–H and O–H groups in total. The number of carbonyl (C=O) groups excluding carboxylic acids is 1. The van der Waals surface area contributed by atoms with Crippen molar-refractivity contribution in [3.63, 3.8) is 0 Å². The maximum Gasteiger partial charge on any atom is 0.251 e. The molecule has 0 spiro atoms.